The third-order valence-corrected chi connectivity index (χ3v) is 4.70. The van der Waals surface area contributed by atoms with E-state index >= 15 is 0 Å². The van der Waals surface area contributed by atoms with Gasteiger partial charge in [-0.3, -0.25) is 9.69 Å². The molecule has 1 aromatic carbocycles. The van der Waals surface area contributed by atoms with Gasteiger partial charge in [-0.1, -0.05) is 23.8 Å². The van der Waals surface area contributed by atoms with E-state index in [4.69, 9.17) is 5.11 Å². The Morgan fingerprint density at radius 2 is 1.96 bits per heavy atom. The van der Waals surface area contributed by atoms with E-state index in [0.717, 1.165) is 43.6 Å². The Balaban J connectivity index is 2.04. The van der Waals surface area contributed by atoms with Gasteiger partial charge < -0.3 is 10.2 Å². The third kappa shape index (κ3) is 4.96. The van der Waals surface area contributed by atoms with Crippen LogP contribution in [-0.2, 0) is 4.79 Å². The number of hydrogen-bond acceptors (Lipinski definition) is 3. The van der Waals surface area contributed by atoms with Crippen LogP contribution in [0, 0.1) is 12.8 Å². The van der Waals surface area contributed by atoms with Crippen LogP contribution < -0.4 is 0 Å². The second-order valence-electron chi connectivity index (χ2n) is 6.79. The van der Waals surface area contributed by atoms with E-state index in [1.54, 1.807) is 12.1 Å². The highest BCUT2D eigenvalue weighted by Gasteiger charge is 2.24. The summed E-state index contributed by atoms with van der Waals surface area (Å²) in [5.74, 6) is -0.590. The van der Waals surface area contributed by atoms with Crippen molar-refractivity contribution in [3.63, 3.8) is 0 Å². The molecule has 0 aromatic heterocycles. The van der Waals surface area contributed by atoms with Gasteiger partial charge in [0.1, 0.15) is 5.75 Å². The van der Waals surface area contributed by atoms with Crippen LogP contribution in [0.3, 0.4) is 0 Å². The summed E-state index contributed by atoms with van der Waals surface area (Å²) in [5, 5.41) is 18.7. The van der Waals surface area contributed by atoms with Crippen LogP contribution in [0.2, 0.25) is 0 Å². The highest BCUT2D eigenvalue weighted by atomic mass is 16.4. The first-order chi connectivity index (χ1) is 11.4. The molecule has 0 bridgehead atoms. The summed E-state index contributed by atoms with van der Waals surface area (Å²) in [7, 11) is 0. The third-order valence-electron chi connectivity index (χ3n) is 4.70. The number of allylic oxidation sites excluding steroid dienone is 1. The van der Waals surface area contributed by atoms with Crippen LogP contribution in [0.15, 0.2) is 35.4 Å². The number of benzene rings is 1. The lowest BCUT2D eigenvalue weighted by molar-refractivity contribution is -0.143. The monoisotopic (exact) mass is 329 g/mol. The van der Waals surface area contributed by atoms with Gasteiger partial charge in [-0.15, -0.1) is 0 Å². The number of nitrogens with zero attached hydrogens (tertiary/aromatic N) is 1. The maximum atomic E-state index is 11.1. The average molecular weight is 329 g/mol. The molecule has 1 saturated heterocycles. The van der Waals surface area contributed by atoms with E-state index in [0.29, 0.717) is 0 Å². The average Bonchev–Trinajstić information content (AvgIpc) is 2.54. The van der Waals surface area contributed by atoms with E-state index < -0.39 is 5.97 Å². The number of aromatic hydroxyl groups is 1. The highest BCUT2D eigenvalue weighted by molar-refractivity contribution is 5.70. The molecule has 0 unspecified atom stereocenters. The van der Waals surface area contributed by atoms with Gasteiger partial charge in [0.2, 0.25) is 0 Å². The van der Waals surface area contributed by atoms with Crippen LogP contribution in [0.4, 0.5) is 0 Å². The van der Waals surface area contributed by atoms with Crippen LogP contribution in [-0.4, -0.2) is 40.7 Å². The molecule has 4 heteroatoms. The number of piperidine rings is 1. The van der Waals surface area contributed by atoms with E-state index in [2.05, 4.69) is 24.8 Å². The van der Waals surface area contributed by atoms with E-state index in [1.807, 2.05) is 19.1 Å². The first kappa shape index (κ1) is 18.3. The number of aliphatic carboxylic acids is 1. The van der Waals surface area contributed by atoms with Crippen molar-refractivity contribution in [2.24, 2.45) is 5.92 Å². The molecule has 1 fully saturated rings. The van der Waals surface area contributed by atoms with Crippen molar-refractivity contribution in [2.75, 3.05) is 19.6 Å². The van der Waals surface area contributed by atoms with Gasteiger partial charge in [-0.05, 0) is 75.5 Å². The standard InChI is InChI=1S/C20H27NO3/c1-14(2)18(6-5-17-12-19(22)7-4-15(17)3)13-21-10-8-16(9-11-21)20(23)24/h4-7,12,16,22H,8-11,13H2,1-3H3,(H,23,24)/b6-5-. The van der Waals surface area contributed by atoms with E-state index in [9.17, 15) is 9.90 Å². The predicted octanol–water partition coefficient (Wildman–Crippen LogP) is 3.85. The first-order valence-electron chi connectivity index (χ1n) is 8.46. The molecule has 1 aliphatic heterocycles. The van der Waals surface area contributed by atoms with Crippen molar-refractivity contribution in [3.05, 3.63) is 46.5 Å². The first-order valence-corrected chi connectivity index (χ1v) is 8.46. The number of carbonyl (C=O) groups is 1. The smallest absolute Gasteiger partial charge is 0.306 e. The molecule has 0 amide bonds. The molecule has 2 rings (SSSR count). The number of aryl methyl sites for hydroxylation is 1. The lowest BCUT2D eigenvalue weighted by atomic mass is 9.96. The molecule has 2 N–H and O–H groups in total. The summed E-state index contributed by atoms with van der Waals surface area (Å²) in [6.07, 6.45) is 5.60. The number of carboxylic acid groups (broad SMARTS) is 1. The summed E-state index contributed by atoms with van der Waals surface area (Å²) in [6, 6.07) is 5.38. The molecule has 1 aliphatic rings. The minimum Gasteiger partial charge on any atom is -0.508 e. The van der Waals surface area contributed by atoms with Crippen molar-refractivity contribution in [3.8, 4) is 5.75 Å². The largest absolute Gasteiger partial charge is 0.508 e. The molecule has 0 spiro atoms. The Morgan fingerprint density at radius 1 is 1.29 bits per heavy atom. The Bertz CT molecular complexity index is 649. The summed E-state index contributed by atoms with van der Waals surface area (Å²) in [6.45, 7) is 8.71. The van der Waals surface area contributed by atoms with Crippen LogP contribution >= 0.6 is 0 Å². The fourth-order valence-electron chi connectivity index (χ4n) is 2.95. The number of phenolic OH excluding ortho intramolecular Hbond substituents is 1. The Hall–Kier alpha value is -2.07. The summed E-state index contributed by atoms with van der Waals surface area (Å²) in [4.78, 5) is 13.4. The lowest BCUT2D eigenvalue weighted by Crippen LogP contribution is -2.37. The van der Waals surface area contributed by atoms with Crippen molar-refractivity contribution >= 4 is 12.0 Å². The second-order valence-corrected chi connectivity index (χ2v) is 6.79. The Morgan fingerprint density at radius 3 is 2.54 bits per heavy atom. The number of likely N-dealkylation sites (tertiary alicyclic amines) is 1. The quantitative estimate of drug-likeness (QED) is 0.806. The molecule has 0 radical (unpaired) electrons. The molecule has 130 valence electrons. The van der Waals surface area contributed by atoms with Gasteiger partial charge in [-0.25, -0.2) is 0 Å². The zero-order chi connectivity index (χ0) is 17.7. The summed E-state index contributed by atoms with van der Waals surface area (Å²) < 4.78 is 0. The van der Waals surface area contributed by atoms with E-state index in [1.165, 1.54) is 11.1 Å². The van der Waals surface area contributed by atoms with Gasteiger partial charge in [-0.2, -0.15) is 0 Å². The second kappa shape index (κ2) is 8.15. The van der Waals surface area contributed by atoms with Crippen molar-refractivity contribution in [2.45, 2.75) is 33.6 Å². The fraction of sp³-hybridized carbons (Fsp3) is 0.450. The lowest BCUT2D eigenvalue weighted by Gasteiger charge is -2.30. The number of rotatable bonds is 5. The zero-order valence-corrected chi connectivity index (χ0v) is 14.7. The van der Waals surface area contributed by atoms with Gasteiger partial charge in [0.25, 0.3) is 0 Å². The summed E-state index contributed by atoms with van der Waals surface area (Å²) >= 11 is 0. The number of carboxylic acids is 1. The minimum atomic E-state index is -0.670. The highest BCUT2D eigenvalue weighted by Crippen LogP contribution is 2.21. The minimum absolute atomic E-state index is 0.193. The molecule has 1 aromatic rings. The van der Waals surface area contributed by atoms with Gasteiger partial charge in [0.15, 0.2) is 0 Å². The molecular weight excluding hydrogens is 302 g/mol. The van der Waals surface area contributed by atoms with E-state index in [-0.39, 0.29) is 11.7 Å². The Kier molecular flexibility index (Phi) is 6.21. The SMILES string of the molecule is CC(C)=C(/C=C\c1cc(O)ccc1C)CN1CCC(C(=O)O)CC1. The molecule has 0 atom stereocenters. The van der Waals surface area contributed by atoms with Gasteiger partial charge in [0, 0.05) is 6.54 Å². The molecule has 1 heterocycles. The molecule has 0 aliphatic carbocycles. The number of phenols is 1. The molecule has 24 heavy (non-hydrogen) atoms. The van der Waals surface area contributed by atoms with Crippen LogP contribution in [0.1, 0.15) is 37.8 Å². The van der Waals surface area contributed by atoms with Crippen molar-refractivity contribution in [1.82, 2.24) is 4.90 Å². The van der Waals surface area contributed by atoms with Gasteiger partial charge >= 0.3 is 5.97 Å². The van der Waals surface area contributed by atoms with Gasteiger partial charge in [0.05, 0.1) is 5.92 Å². The van der Waals surface area contributed by atoms with Crippen LogP contribution in [0.5, 0.6) is 5.75 Å². The number of hydrogen-bond donors (Lipinski definition) is 2. The van der Waals surface area contributed by atoms with Crippen LogP contribution in [0.25, 0.3) is 6.08 Å². The fourth-order valence-corrected chi connectivity index (χ4v) is 2.95. The maximum absolute atomic E-state index is 11.1. The molecule has 0 saturated carbocycles. The topological polar surface area (TPSA) is 60.8 Å². The maximum Gasteiger partial charge on any atom is 0.306 e. The zero-order valence-electron chi connectivity index (χ0n) is 14.7. The normalized spacial score (nSPS) is 16.5. The molecule has 4 nitrogen and oxygen atoms in total. The summed E-state index contributed by atoms with van der Waals surface area (Å²) in [5.41, 5.74) is 4.63. The van der Waals surface area contributed by atoms with Crippen molar-refractivity contribution < 1.29 is 15.0 Å². The Labute approximate surface area is 144 Å². The van der Waals surface area contributed by atoms with Crippen molar-refractivity contribution in [1.29, 1.82) is 0 Å². The predicted molar refractivity (Wildman–Crippen MR) is 97.1 cm³/mol. The molecular formula is C20H27NO3.